The minimum Gasteiger partial charge on any atom is -0.445 e. The summed E-state index contributed by atoms with van der Waals surface area (Å²) in [6.45, 7) is 3.98. The van der Waals surface area contributed by atoms with Crippen LogP contribution >= 0.6 is 0 Å². The Hall–Kier alpha value is -4.72. The first kappa shape index (κ1) is 29.3. The quantitative estimate of drug-likeness (QED) is 0.197. The lowest BCUT2D eigenvalue weighted by atomic mass is 9.99. The largest absolute Gasteiger partial charge is 0.445 e. The number of rotatable bonds is 13. The summed E-state index contributed by atoms with van der Waals surface area (Å²) in [4.78, 5) is 43.9. The third-order valence-corrected chi connectivity index (χ3v) is 6.50. The fourth-order valence-corrected chi connectivity index (χ4v) is 4.38. The molecule has 0 saturated heterocycles. The number of nitrogens with zero attached hydrogens (tertiary/aromatic N) is 1. The lowest BCUT2D eigenvalue weighted by molar-refractivity contribution is -0.124. The van der Waals surface area contributed by atoms with Crippen molar-refractivity contribution in [1.82, 2.24) is 15.6 Å². The molecule has 4 rings (SSSR count). The highest BCUT2D eigenvalue weighted by Gasteiger charge is 2.30. The highest BCUT2D eigenvalue weighted by molar-refractivity contribution is 5.99. The minimum atomic E-state index is -0.915. The van der Waals surface area contributed by atoms with Gasteiger partial charge in [-0.15, -0.1) is 0 Å². The molecule has 1 aromatic heterocycles. The van der Waals surface area contributed by atoms with Crippen LogP contribution in [0.1, 0.15) is 48.5 Å². The second-order valence-electron chi connectivity index (χ2n) is 10.2. The molecule has 1 heterocycles. The van der Waals surface area contributed by atoms with Crippen LogP contribution in [0.25, 0.3) is 11.3 Å². The van der Waals surface area contributed by atoms with Crippen LogP contribution in [0, 0.1) is 5.92 Å². The maximum atomic E-state index is 13.6. The van der Waals surface area contributed by atoms with Crippen LogP contribution in [0.2, 0.25) is 0 Å². The number of ether oxygens (including phenoxy) is 1. The molecule has 2 atom stereocenters. The van der Waals surface area contributed by atoms with Gasteiger partial charge in [-0.1, -0.05) is 105 Å². The highest BCUT2D eigenvalue weighted by atomic mass is 16.5. The van der Waals surface area contributed by atoms with Gasteiger partial charge in [0.05, 0.1) is 12.2 Å². The van der Waals surface area contributed by atoms with Crippen molar-refractivity contribution >= 4 is 17.8 Å². The molecule has 0 spiro atoms. The van der Waals surface area contributed by atoms with Gasteiger partial charge in [-0.05, 0) is 36.3 Å². The van der Waals surface area contributed by atoms with Gasteiger partial charge in [0.2, 0.25) is 11.7 Å². The van der Waals surface area contributed by atoms with Gasteiger partial charge in [-0.25, -0.2) is 9.78 Å². The molecule has 0 aliphatic heterocycles. The van der Waals surface area contributed by atoms with Crippen LogP contribution in [-0.4, -0.2) is 34.9 Å². The Morgan fingerprint density at radius 2 is 1.41 bits per heavy atom. The smallest absolute Gasteiger partial charge is 0.408 e. The number of benzene rings is 3. The molecule has 0 aliphatic rings. The molecule has 3 aromatic carbocycles. The SMILES string of the molecule is CC(C)C[C@H](NC(=O)OCc1ccccc1)C(=O)N[C@@H](CCc1ccccc1)C(=O)c1ncc(-c2ccccc2)o1. The zero-order valence-corrected chi connectivity index (χ0v) is 23.3. The van der Waals surface area contributed by atoms with Crippen molar-refractivity contribution in [2.45, 2.75) is 51.8 Å². The molecule has 2 amide bonds. The molecule has 212 valence electrons. The van der Waals surface area contributed by atoms with Gasteiger partial charge in [-0.3, -0.25) is 9.59 Å². The predicted octanol–water partition coefficient (Wildman–Crippen LogP) is 5.98. The van der Waals surface area contributed by atoms with Crippen molar-refractivity contribution in [3.8, 4) is 11.3 Å². The molecule has 0 saturated carbocycles. The molecule has 0 fully saturated rings. The lowest BCUT2D eigenvalue weighted by Crippen LogP contribution is -2.52. The molecule has 4 aromatic rings. The second kappa shape index (κ2) is 14.6. The van der Waals surface area contributed by atoms with Crippen LogP contribution in [0.3, 0.4) is 0 Å². The Morgan fingerprint density at radius 1 is 0.805 bits per heavy atom. The number of aryl methyl sites for hydroxylation is 1. The Bertz CT molecular complexity index is 1400. The first-order valence-corrected chi connectivity index (χ1v) is 13.8. The first-order valence-electron chi connectivity index (χ1n) is 13.8. The van der Waals surface area contributed by atoms with E-state index in [0.717, 1.165) is 16.7 Å². The number of amides is 2. The Morgan fingerprint density at radius 3 is 2.05 bits per heavy atom. The number of hydrogen-bond acceptors (Lipinski definition) is 6. The van der Waals surface area contributed by atoms with Crippen LogP contribution in [0.15, 0.2) is 102 Å². The molecule has 41 heavy (non-hydrogen) atoms. The monoisotopic (exact) mass is 553 g/mol. The van der Waals surface area contributed by atoms with E-state index in [2.05, 4.69) is 15.6 Å². The van der Waals surface area contributed by atoms with E-state index in [9.17, 15) is 14.4 Å². The maximum Gasteiger partial charge on any atom is 0.408 e. The Labute approximate surface area is 240 Å². The first-order chi connectivity index (χ1) is 19.9. The van der Waals surface area contributed by atoms with Crippen LogP contribution in [-0.2, 0) is 22.6 Å². The van der Waals surface area contributed by atoms with Crippen molar-refractivity contribution in [1.29, 1.82) is 0 Å². The Kier molecular flexibility index (Phi) is 10.4. The maximum absolute atomic E-state index is 13.6. The molecule has 8 heteroatoms. The van der Waals surface area contributed by atoms with E-state index in [-0.39, 0.29) is 18.4 Å². The number of carbonyl (C=O) groups excluding carboxylic acids is 3. The molecular formula is C33H35N3O5. The standard InChI is InChI=1S/C33H35N3O5/c1-23(2)20-28(36-33(39)40-22-25-14-8-4-9-15-25)31(38)35-27(19-18-24-12-6-3-7-13-24)30(37)32-34-21-29(41-32)26-16-10-5-11-17-26/h3-17,21,23,27-28H,18-20,22H2,1-2H3,(H,35,38)(H,36,39)/t27-,28-/m0/s1. The van der Waals surface area contributed by atoms with E-state index in [0.29, 0.717) is 25.0 Å². The third kappa shape index (κ3) is 8.89. The summed E-state index contributed by atoms with van der Waals surface area (Å²) < 4.78 is 11.1. The molecule has 0 unspecified atom stereocenters. The predicted molar refractivity (Wildman–Crippen MR) is 156 cm³/mol. The fraction of sp³-hybridized carbons (Fsp3) is 0.273. The van der Waals surface area contributed by atoms with Gasteiger partial charge in [0.15, 0.2) is 5.76 Å². The summed E-state index contributed by atoms with van der Waals surface area (Å²) in [5, 5.41) is 5.54. The lowest BCUT2D eigenvalue weighted by Gasteiger charge is -2.23. The molecule has 0 radical (unpaired) electrons. The van der Waals surface area contributed by atoms with Gasteiger partial charge in [0.25, 0.3) is 5.89 Å². The van der Waals surface area contributed by atoms with E-state index >= 15 is 0 Å². The summed E-state index contributed by atoms with van der Waals surface area (Å²) >= 11 is 0. The van der Waals surface area contributed by atoms with Gasteiger partial charge in [0, 0.05) is 5.56 Å². The number of carbonyl (C=O) groups is 3. The molecular weight excluding hydrogens is 518 g/mol. The van der Waals surface area contributed by atoms with Crippen molar-refractivity contribution in [3.63, 3.8) is 0 Å². The molecule has 2 N–H and O–H groups in total. The average Bonchev–Trinajstić information content (AvgIpc) is 3.49. The number of hydrogen-bond donors (Lipinski definition) is 2. The summed E-state index contributed by atoms with van der Waals surface area (Å²) in [6.07, 6.45) is 2.03. The van der Waals surface area contributed by atoms with Crippen molar-refractivity contribution in [2.75, 3.05) is 0 Å². The number of Topliss-reactive ketones (excluding diaryl/α,β-unsaturated/α-hetero) is 1. The van der Waals surface area contributed by atoms with E-state index in [1.54, 1.807) is 0 Å². The third-order valence-electron chi connectivity index (χ3n) is 6.50. The topological polar surface area (TPSA) is 111 Å². The molecule has 0 bridgehead atoms. The zero-order valence-electron chi connectivity index (χ0n) is 23.3. The number of alkyl carbamates (subject to hydrolysis) is 1. The molecule has 0 aliphatic carbocycles. The van der Waals surface area contributed by atoms with E-state index in [1.807, 2.05) is 105 Å². The summed E-state index contributed by atoms with van der Waals surface area (Å²) in [5.41, 5.74) is 2.65. The minimum absolute atomic E-state index is 0.0782. The molecule has 8 nitrogen and oxygen atoms in total. The highest BCUT2D eigenvalue weighted by Crippen LogP contribution is 2.21. The summed E-state index contributed by atoms with van der Waals surface area (Å²) in [5.74, 6) is -0.442. The second-order valence-corrected chi connectivity index (χ2v) is 10.2. The normalized spacial score (nSPS) is 12.4. The number of aromatic nitrogens is 1. The summed E-state index contributed by atoms with van der Waals surface area (Å²) in [6, 6.07) is 26.5. The number of oxazole rings is 1. The zero-order chi connectivity index (χ0) is 29.0. The fourth-order valence-electron chi connectivity index (χ4n) is 4.38. The van der Waals surface area contributed by atoms with E-state index in [4.69, 9.17) is 9.15 Å². The van der Waals surface area contributed by atoms with E-state index < -0.39 is 29.9 Å². The van der Waals surface area contributed by atoms with Gasteiger partial charge >= 0.3 is 6.09 Å². The number of ketones is 1. The van der Waals surface area contributed by atoms with Crippen LogP contribution in [0.5, 0.6) is 0 Å². The summed E-state index contributed by atoms with van der Waals surface area (Å²) in [7, 11) is 0. The van der Waals surface area contributed by atoms with E-state index in [1.165, 1.54) is 6.20 Å². The Balaban J connectivity index is 1.48. The van der Waals surface area contributed by atoms with Crippen molar-refractivity contribution in [2.24, 2.45) is 5.92 Å². The van der Waals surface area contributed by atoms with Gasteiger partial charge < -0.3 is 19.8 Å². The average molecular weight is 554 g/mol. The number of nitrogens with one attached hydrogen (secondary N) is 2. The van der Waals surface area contributed by atoms with Gasteiger partial charge in [-0.2, -0.15) is 0 Å². The van der Waals surface area contributed by atoms with Crippen molar-refractivity contribution in [3.05, 3.63) is 114 Å². The van der Waals surface area contributed by atoms with Crippen LogP contribution < -0.4 is 10.6 Å². The van der Waals surface area contributed by atoms with Crippen LogP contribution in [0.4, 0.5) is 4.79 Å². The van der Waals surface area contributed by atoms with Crippen molar-refractivity contribution < 1.29 is 23.5 Å². The van der Waals surface area contributed by atoms with Gasteiger partial charge in [0.1, 0.15) is 12.6 Å².